The van der Waals surface area contributed by atoms with Gasteiger partial charge < -0.3 is 14.0 Å². The number of amides is 1. The molecule has 47 heavy (non-hydrogen) atoms. The fraction of sp³-hybridized carbons (Fsp3) is 0.514. The number of amidine groups is 1. The number of benzene rings is 2. The number of likely N-dealkylation sites (tertiary alicyclic amines) is 1. The van der Waals surface area contributed by atoms with Gasteiger partial charge in [0.25, 0.3) is 15.9 Å². The lowest BCUT2D eigenvalue weighted by Gasteiger charge is -2.43. The van der Waals surface area contributed by atoms with Crippen LogP contribution in [0.2, 0.25) is 0 Å². The number of rotatable bonds is 13. The Hall–Kier alpha value is -3.58. The smallest absolute Gasteiger partial charge is 0.263 e. The molecule has 0 radical (unpaired) electrons. The molecule has 0 bridgehead atoms. The van der Waals surface area contributed by atoms with E-state index in [2.05, 4.69) is 21.7 Å². The number of hydrogen-bond donors (Lipinski definition) is 1. The first kappa shape index (κ1) is 33.3. The van der Waals surface area contributed by atoms with Crippen LogP contribution in [-0.4, -0.2) is 79.6 Å². The van der Waals surface area contributed by atoms with E-state index < -0.39 is 15.6 Å². The number of carbonyl (C=O) groups is 1. The maximum absolute atomic E-state index is 14.2. The first-order chi connectivity index (χ1) is 22.7. The second-order valence-corrected chi connectivity index (χ2v) is 14.4. The molecule has 1 spiro atoms. The summed E-state index contributed by atoms with van der Waals surface area (Å²) < 4.78 is 46.4. The summed E-state index contributed by atoms with van der Waals surface area (Å²) >= 11 is 0. The number of anilines is 1. The number of carbonyl (C=O) groups excluding carboxylic acids is 1. The molecule has 0 saturated carbocycles. The highest BCUT2D eigenvalue weighted by Crippen LogP contribution is 2.38. The van der Waals surface area contributed by atoms with Gasteiger partial charge in [-0.25, -0.2) is 8.42 Å². The third-order valence-electron chi connectivity index (χ3n) is 9.64. The van der Waals surface area contributed by atoms with Gasteiger partial charge in [0.05, 0.1) is 37.3 Å². The number of hydrogen-bond acceptors (Lipinski definition) is 9. The first-order valence-electron chi connectivity index (χ1n) is 16.6. The average molecular weight is 664 g/mol. The van der Waals surface area contributed by atoms with Crippen molar-refractivity contribution in [2.45, 2.75) is 89.4 Å². The van der Waals surface area contributed by atoms with Crippen molar-refractivity contribution in [3.63, 3.8) is 0 Å². The first-order valence-corrected chi connectivity index (χ1v) is 18.1. The van der Waals surface area contributed by atoms with E-state index in [9.17, 15) is 13.2 Å². The normalized spacial score (nSPS) is 18.5. The molecule has 12 heteroatoms. The molecule has 3 aliphatic heterocycles. The molecule has 2 fully saturated rings. The number of aryl methyl sites for hydroxylation is 1. The standard InChI is InChI=1S/C35H45N5O6S/c1-5-7-12-32-36-35(15-17-39(18-16-35)28-22-45-23-28)34(41)40(32)20-26-13-14-29(27(19-26)21-44-6-2)30-10-8-9-11-31(30)47(42,43)38-33-24(3)25(4)46-37-33/h8-11,13-14,19,28H,5-7,12,15-18,20-23H2,1-4H3,(H,37,38). The largest absolute Gasteiger partial charge is 0.378 e. The minimum Gasteiger partial charge on any atom is -0.378 e. The van der Waals surface area contributed by atoms with Crippen molar-refractivity contribution in [3.8, 4) is 11.1 Å². The molecule has 3 aromatic rings. The second-order valence-electron chi connectivity index (χ2n) is 12.7. The van der Waals surface area contributed by atoms with Crippen molar-refractivity contribution in [1.29, 1.82) is 0 Å². The minimum absolute atomic E-state index is 0.0875. The Morgan fingerprint density at radius 1 is 1.06 bits per heavy atom. The molecule has 6 rings (SSSR count). The zero-order valence-electron chi connectivity index (χ0n) is 27.8. The van der Waals surface area contributed by atoms with Gasteiger partial charge in [0.1, 0.15) is 17.1 Å². The molecule has 2 saturated heterocycles. The lowest BCUT2D eigenvalue weighted by Crippen LogP contribution is -2.56. The van der Waals surface area contributed by atoms with Crippen LogP contribution in [0.3, 0.4) is 0 Å². The maximum Gasteiger partial charge on any atom is 0.263 e. The van der Waals surface area contributed by atoms with Gasteiger partial charge in [-0.15, -0.1) is 0 Å². The zero-order valence-corrected chi connectivity index (χ0v) is 28.6. The highest BCUT2D eigenvalue weighted by molar-refractivity contribution is 7.92. The van der Waals surface area contributed by atoms with Crippen LogP contribution in [0.25, 0.3) is 11.1 Å². The summed E-state index contributed by atoms with van der Waals surface area (Å²) in [5.74, 6) is 1.67. The van der Waals surface area contributed by atoms with Gasteiger partial charge in [-0.05, 0) is 62.8 Å². The van der Waals surface area contributed by atoms with Crippen LogP contribution < -0.4 is 4.72 Å². The quantitative estimate of drug-likeness (QED) is 0.256. The van der Waals surface area contributed by atoms with Gasteiger partial charge in [-0.3, -0.25) is 24.3 Å². The zero-order chi connectivity index (χ0) is 33.2. The summed E-state index contributed by atoms with van der Waals surface area (Å²) in [5.41, 5.74) is 3.00. The van der Waals surface area contributed by atoms with Crippen molar-refractivity contribution >= 4 is 27.6 Å². The Labute approximate surface area is 277 Å². The van der Waals surface area contributed by atoms with Crippen molar-refractivity contribution < 1.29 is 27.2 Å². The van der Waals surface area contributed by atoms with E-state index >= 15 is 0 Å². The fourth-order valence-electron chi connectivity index (χ4n) is 6.57. The number of piperidine rings is 1. The van der Waals surface area contributed by atoms with E-state index in [4.69, 9.17) is 19.0 Å². The highest BCUT2D eigenvalue weighted by atomic mass is 32.2. The van der Waals surface area contributed by atoms with Crippen LogP contribution >= 0.6 is 0 Å². The molecule has 0 atom stereocenters. The van der Waals surface area contributed by atoms with Gasteiger partial charge in [0, 0.05) is 37.2 Å². The Balaban J connectivity index is 1.28. The Bertz CT molecular complexity index is 1740. The van der Waals surface area contributed by atoms with Gasteiger partial charge in [0.2, 0.25) is 0 Å². The van der Waals surface area contributed by atoms with Crippen molar-refractivity contribution in [1.82, 2.24) is 15.0 Å². The second kappa shape index (κ2) is 13.9. The monoisotopic (exact) mass is 663 g/mol. The van der Waals surface area contributed by atoms with Crippen LogP contribution in [0.15, 0.2) is 56.9 Å². The van der Waals surface area contributed by atoms with Crippen LogP contribution in [-0.2, 0) is 37.4 Å². The van der Waals surface area contributed by atoms with Gasteiger partial charge >= 0.3 is 0 Å². The summed E-state index contributed by atoms with van der Waals surface area (Å²) in [6.45, 7) is 12.0. The summed E-state index contributed by atoms with van der Waals surface area (Å²) in [4.78, 5) is 23.8. The Morgan fingerprint density at radius 3 is 2.49 bits per heavy atom. The number of nitrogens with zero attached hydrogens (tertiary/aromatic N) is 4. The topological polar surface area (TPSA) is 127 Å². The van der Waals surface area contributed by atoms with Gasteiger partial charge in [-0.1, -0.05) is 54.9 Å². The highest BCUT2D eigenvalue weighted by Gasteiger charge is 2.50. The third kappa shape index (κ3) is 6.74. The predicted molar refractivity (Wildman–Crippen MR) is 180 cm³/mol. The number of unbranched alkanes of at least 4 members (excludes halogenated alkanes) is 1. The van der Waals surface area contributed by atoms with Crippen molar-refractivity contribution in [2.75, 3.05) is 37.6 Å². The minimum atomic E-state index is -4.01. The molecule has 3 aliphatic rings. The summed E-state index contributed by atoms with van der Waals surface area (Å²) in [6, 6.07) is 13.3. The van der Waals surface area contributed by atoms with Crippen LogP contribution in [0.4, 0.5) is 5.82 Å². The van der Waals surface area contributed by atoms with E-state index in [1.165, 1.54) is 0 Å². The molecular formula is C35H45N5O6S. The lowest BCUT2D eigenvalue weighted by molar-refractivity contribution is -0.135. The fourth-order valence-corrected chi connectivity index (χ4v) is 7.85. The van der Waals surface area contributed by atoms with E-state index in [-0.39, 0.29) is 16.6 Å². The van der Waals surface area contributed by atoms with E-state index in [0.717, 1.165) is 80.9 Å². The predicted octanol–water partition coefficient (Wildman–Crippen LogP) is 5.46. The molecule has 11 nitrogen and oxygen atoms in total. The number of sulfonamides is 1. The molecule has 2 aromatic carbocycles. The van der Waals surface area contributed by atoms with Gasteiger partial charge in [0.15, 0.2) is 5.82 Å². The van der Waals surface area contributed by atoms with Crippen LogP contribution in [0.1, 0.15) is 68.4 Å². The maximum atomic E-state index is 14.2. The summed E-state index contributed by atoms with van der Waals surface area (Å²) in [5, 5.41) is 3.89. The Morgan fingerprint density at radius 2 is 1.83 bits per heavy atom. The summed E-state index contributed by atoms with van der Waals surface area (Å²) in [6.07, 6.45) is 4.18. The van der Waals surface area contributed by atoms with E-state index in [1.54, 1.807) is 32.0 Å². The van der Waals surface area contributed by atoms with Crippen molar-refractivity contribution in [2.24, 2.45) is 4.99 Å². The SMILES string of the molecule is CCCCC1=NC2(CCN(C3COC3)CC2)C(=O)N1Cc1ccc(-c2ccccc2S(=O)(=O)Nc2noc(C)c2C)c(COCC)c1. The summed E-state index contributed by atoms with van der Waals surface area (Å²) in [7, 11) is -4.01. The molecular weight excluding hydrogens is 618 g/mol. The van der Waals surface area contributed by atoms with Crippen LogP contribution in [0, 0.1) is 13.8 Å². The molecule has 4 heterocycles. The van der Waals surface area contributed by atoms with Crippen molar-refractivity contribution in [3.05, 3.63) is 64.9 Å². The molecule has 252 valence electrons. The molecule has 0 unspecified atom stereocenters. The molecule has 0 aliphatic carbocycles. The lowest BCUT2D eigenvalue weighted by atomic mass is 9.86. The molecule has 1 N–H and O–H groups in total. The number of nitrogens with one attached hydrogen (secondary N) is 1. The van der Waals surface area contributed by atoms with Crippen LogP contribution in [0.5, 0.6) is 0 Å². The number of aromatic nitrogens is 1. The molecule has 1 aromatic heterocycles. The number of ether oxygens (including phenoxy) is 2. The average Bonchev–Trinajstić information content (AvgIpc) is 3.48. The van der Waals surface area contributed by atoms with Gasteiger partial charge in [-0.2, -0.15) is 0 Å². The Kier molecular flexibility index (Phi) is 9.84. The van der Waals surface area contributed by atoms with E-state index in [0.29, 0.717) is 42.7 Å². The molecule has 1 amide bonds. The van der Waals surface area contributed by atoms with E-state index in [1.807, 2.05) is 36.1 Å². The third-order valence-corrected chi connectivity index (χ3v) is 11.0. The number of aliphatic imine (C=N–C) groups is 1.